The van der Waals surface area contributed by atoms with Gasteiger partial charge in [-0.05, 0) is 31.0 Å². The molecule has 1 fully saturated rings. The van der Waals surface area contributed by atoms with Crippen LogP contribution in [0.1, 0.15) is 24.6 Å². The van der Waals surface area contributed by atoms with Crippen LogP contribution in [0.15, 0.2) is 49.1 Å². The molecule has 4 heterocycles. The average Bonchev–Trinajstić information content (AvgIpc) is 3.21. The van der Waals surface area contributed by atoms with Gasteiger partial charge in [0.1, 0.15) is 28.6 Å². The van der Waals surface area contributed by atoms with Gasteiger partial charge < -0.3 is 20.3 Å². The van der Waals surface area contributed by atoms with Crippen molar-refractivity contribution in [1.29, 1.82) is 0 Å². The Balaban J connectivity index is 1.47. The van der Waals surface area contributed by atoms with E-state index in [0.717, 1.165) is 18.7 Å². The molecule has 4 aromatic rings. The Kier molecular flexibility index (Phi) is 5.60. The highest BCUT2D eigenvalue weighted by atomic mass is 35.5. The standard InChI is InChI=1S/C22H21ClN6O3/c23-15-2-1-3-16(8-15)32-22-26-9-14(10-27-22)18-19-20(24)25-6-7-29(19)21(28-18)13-4-5-17(11-30)31-12-13/h1-3,6-10,13,17,30H,4-5,11-12H2,(H2,24,25). The molecule has 3 aromatic heterocycles. The minimum absolute atomic E-state index is 0.0259. The van der Waals surface area contributed by atoms with Gasteiger partial charge in [-0.15, -0.1) is 0 Å². The third-order valence-corrected chi connectivity index (χ3v) is 5.69. The smallest absolute Gasteiger partial charge is 0.321 e. The van der Waals surface area contributed by atoms with Gasteiger partial charge in [0.15, 0.2) is 0 Å². The summed E-state index contributed by atoms with van der Waals surface area (Å²) in [4.78, 5) is 17.8. The first kappa shape index (κ1) is 20.6. The fourth-order valence-corrected chi connectivity index (χ4v) is 4.04. The van der Waals surface area contributed by atoms with Gasteiger partial charge in [-0.3, -0.25) is 4.40 Å². The summed E-state index contributed by atoms with van der Waals surface area (Å²) in [6, 6.07) is 7.21. The van der Waals surface area contributed by atoms with Crippen LogP contribution in [0.25, 0.3) is 16.8 Å². The number of hydrogen-bond acceptors (Lipinski definition) is 8. The maximum atomic E-state index is 9.34. The molecular weight excluding hydrogens is 432 g/mol. The Bertz CT molecular complexity index is 1240. The first-order chi connectivity index (χ1) is 15.6. The Labute approximate surface area is 188 Å². The van der Waals surface area contributed by atoms with Crippen molar-refractivity contribution < 1.29 is 14.6 Å². The number of nitrogen functional groups attached to an aromatic ring is 1. The number of benzene rings is 1. The Morgan fingerprint density at radius 1 is 1.22 bits per heavy atom. The van der Waals surface area contributed by atoms with Gasteiger partial charge in [-0.25, -0.2) is 19.9 Å². The third kappa shape index (κ3) is 3.97. The second kappa shape index (κ2) is 8.70. The van der Waals surface area contributed by atoms with Crippen molar-refractivity contribution in [3.63, 3.8) is 0 Å². The van der Waals surface area contributed by atoms with Crippen molar-refractivity contribution in [2.45, 2.75) is 24.9 Å². The molecule has 5 rings (SSSR count). The van der Waals surface area contributed by atoms with E-state index in [4.69, 9.17) is 31.8 Å². The number of rotatable bonds is 5. The largest absolute Gasteiger partial charge is 0.424 e. The Morgan fingerprint density at radius 3 is 2.78 bits per heavy atom. The number of aliphatic hydroxyl groups is 1. The lowest BCUT2D eigenvalue weighted by atomic mass is 9.98. The Morgan fingerprint density at radius 2 is 2.06 bits per heavy atom. The van der Waals surface area contributed by atoms with Crippen molar-refractivity contribution in [2.24, 2.45) is 0 Å². The number of ether oxygens (including phenoxy) is 2. The van der Waals surface area contributed by atoms with E-state index in [2.05, 4.69) is 15.0 Å². The number of aromatic nitrogens is 5. The maximum absolute atomic E-state index is 9.34. The van der Waals surface area contributed by atoms with Crippen LogP contribution in [0.4, 0.5) is 5.82 Å². The summed E-state index contributed by atoms with van der Waals surface area (Å²) in [5.41, 5.74) is 8.24. The summed E-state index contributed by atoms with van der Waals surface area (Å²) in [6.45, 7) is 0.507. The highest BCUT2D eigenvalue weighted by molar-refractivity contribution is 6.30. The summed E-state index contributed by atoms with van der Waals surface area (Å²) in [5.74, 6) is 1.82. The van der Waals surface area contributed by atoms with Crippen LogP contribution < -0.4 is 10.5 Å². The lowest BCUT2D eigenvalue weighted by Gasteiger charge is -2.27. The van der Waals surface area contributed by atoms with Crippen LogP contribution in [-0.2, 0) is 4.74 Å². The van der Waals surface area contributed by atoms with E-state index in [9.17, 15) is 5.11 Å². The molecule has 0 spiro atoms. The molecule has 2 atom stereocenters. The highest BCUT2D eigenvalue weighted by Gasteiger charge is 2.28. The molecule has 9 nitrogen and oxygen atoms in total. The number of imidazole rings is 1. The summed E-state index contributed by atoms with van der Waals surface area (Å²) < 4.78 is 13.4. The van der Waals surface area contributed by atoms with Crippen LogP contribution in [0.2, 0.25) is 5.02 Å². The molecule has 0 amide bonds. The maximum Gasteiger partial charge on any atom is 0.321 e. The van der Waals surface area contributed by atoms with E-state index in [-0.39, 0.29) is 24.6 Å². The highest BCUT2D eigenvalue weighted by Crippen LogP contribution is 2.34. The molecule has 2 unspecified atom stereocenters. The molecule has 1 aromatic carbocycles. The van der Waals surface area contributed by atoms with Gasteiger partial charge in [0.2, 0.25) is 0 Å². The minimum Gasteiger partial charge on any atom is -0.424 e. The van der Waals surface area contributed by atoms with Gasteiger partial charge in [-0.2, -0.15) is 0 Å². The molecule has 10 heteroatoms. The molecule has 0 bridgehead atoms. The normalized spacial score (nSPS) is 18.7. The molecule has 0 saturated carbocycles. The zero-order chi connectivity index (χ0) is 22.1. The number of fused-ring (bicyclic) bond motifs is 1. The summed E-state index contributed by atoms with van der Waals surface area (Å²) in [5, 5.41) is 9.90. The van der Waals surface area contributed by atoms with Gasteiger partial charge in [0.05, 0.1) is 19.3 Å². The molecule has 1 aliphatic heterocycles. The SMILES string of the molecule is Nc1nccn2c(C3CCC(CO)OC3)nc(-c3cnc(Oc4cccc(Cl)c4)nc3)c12. The summed E-state index contributed by atoms with van der Waals surface area (Å²) in [7, 11) is 0. The fraction of sp³-hybridized carbons (Fsp3) is 0.273. The van der Waals surface area contributed by atoms with Crippen molar-refractivity contribution in [2.75, 3.05) is 18.9 Å². The van der Waals surface area contributed by atoms with E-state index in [1.54, 1.807) is 42.9 Å². The van der Waals surface area contributed by atoms with Crippen LogP contribution in [0, 0.1) is 0 Å². The van der Waals surface area contributed by atoms with Crippen molar-refractivity contribution >= 4 is 22.9 Å². The molecule has 0 radical (unpaired) electrons. The lowest BCUT2D eigenvalue weighted by molar-refractivity contribution is -0.0282. The van der Waals surface area contributed by atoms with Crippen LogP contribution in [0.3, 0.4) is 0 Å². The lowest BCUT2D eigenvalue weighted by Crippen LogP contribution is -2.28. The number of anilines is 1. The second-order valence-electron chi connectivity index (χ2n) is 7.58. The fourth-order valence-electron chi connectivity index (χ4n) is 3.86. The first-order valence-corrected chi connectivity index (χ1v) is 10.6. The average molecular weight is 453 g/mol. The van der Waals surface area contributed by atoms with Gasteiger partial charge in [0, 0.05) is 41.3 Å². The van der Waals surface area contributed by atoms with E-state index in [0.29, 0.717) is 40.0 Å². The van der Waals surface area contributed by atoms with Crippen LogP contribution in [0.5, 0.6) is 11.8 Å². The molecule has 0 aliphatic carbocycles. The molecule has 32 heavy (non-hydrogen) atoms. The van der Waals surface area contributed by atoms with Gasteiger partial charge >= 0.3 is 6.01 Å². The second-order valence-corrected chi connectivity index (χ2v) is 8.01. The van der Waals surface area contributed by atoms with Crippen molar-refractivity contribution in [1.82, 2.24) is 24.3 Å². The van der Waals surface area contributed by atoms with Gasteiger partial charge in [0.25, 0.3) is 0 Å². The molecule has 3 N–H and O–H groups in total. The molecule has 1 saturated heterocycles. The summed E-state index contributed by atoms with van der Waals surface area (Å²) >= 11 is 6.00. The zero-order valence-corrected chi connectivity index (χ0v) is 17.8. The van der Waals surface area contributed by atoms with Crippen LogP contribution >= 0.6 is 11.6 Å². The quantitative estimate of drug-likeness (QED) is 0.472. The minimum atomic E-state index is -0.121. The van der Waals surface area contributed by atoms with Crippen LogP contribution in [-0.4, -0.2) is 48.8 Å². The van der Waals surface area contributed by atoms with Gasteiger partial charge in [-0.1, -0.05) is 17.7 Å². The topological polar surface area (TPSA) is 121 Å². The van der Waals surface area contributed by atoms with E-state index < -0.39 is 0 Å². The molecule has 1 aliphatic rings. The number of nitrogens with zero attached hydrogens (tertiary/aromatic N) is 5. The monoisotopic (exact) mass is 452 g/mol. The predicted octanol–water partition coefficient (Wildman–Crippen LogP) is 3.47. The number of nitrogens with two attached hydrogens (primary N) is 1. The van der Waals surface area contributed by atoms with E-state index in [1.165, 1.54) is 0 Å². The van der Waals surface area contributed by atoms with Crippen molar-refractivity contribution in [3.8, 4) is 23.0 Å². The Hall–Kier alpha value is -3.27. The molecule has 164 valence electrons. The summed E-state index contributed by atoms with van der Waals surface area (Å²) in [6.07, 6.45) is 8.28. The number of hydrogen-bond donors (Lipinski definition) is 2. The third-order valence-electron chi connectivity index (χ3n) is 5.46. The first-order valence-electron chi connectivity index (χ1n) is 10.2. The zero-order valence-electron chi connectivity index (χ0n) is 17.1. The number of aliphatic hydroxyl groups excluding tert-OH is 1. The predicted molar refractivity (Wildman–Crippen MR) is 119 cm³/mol. The molecular formula is C22H21ClN6O3. The van der Waals surface area contributed by atoms with E-state index in [1.807, 2.05) is 10.6 Å². The van der Waals surface area contributed by atoms with E-state index >= 15 is 0 Å². The van der Waals surface area contributed by atoms with Crippen molar-refractivity contribution in [3.05, 3.63) is 59.9 Å². The number of halogens is 1.